The van der Waals surface area contributed by atoms with Gasteiger partial charge in [-0.2, -0.15) is 0 Å². The molecule has 0 N–H and O–H groups in total. The van der Waals surface area contributed by atoms with Gasteiger partial charge >= 0.3 is 0 Å². The molecule has 2 aromatic carbocycles. The van der Waals surface area contributed by atoms with E-state index >= 15 is 0 Å². The SMILES string of the molecule is CCN(C(=O)c1cc(Br)ccc1F)C(C)c1cccc(OC)c1. The number of carbonyl (C=O) groups is 1. The molecule has 0 saturated heterocycles. The van der Waals surface area contributed by atoms with Crippen LogP contribution in [0.1, 0.15) is 35.8 Å². The maximum atomic E-state index is 14.0. The van der Waals surface area contributed by atoms with Crippen LogP contribution >= 0.6 is 15.9 Å². The molecule has 0 saturated carbocycles. The Labute approximate surface area is 144 Å². The molecule has 0 heterocycles. The zero-order valence-electron chi connectivity index (χ0n) is 13.3. The van der Waals surface area contributed by atoms with Gasteiger partial charge in [-0.15, -0.1) is 0 Å². The van der Waals surface area contributed by atoms with E-state index in [9.17, 15) is 9.18 Å². The van der Waals surface area contributed by atoms with Crippen molar-refractivity contribution in [2.24, 2.45) is 0 Å². The number of methoxy groups -OCH3 is 1. The highest BCUT2D eigenvalue weighted by Gasteiger charge is 2.24. The number of carbonyl (C=O) groups excluding carboxylic acids is 1. The van der Waals surface area contributed by atoms with Crippen LogP contribution in [0.4, 0.5) is 4.39 Å². The molecule has 0 aromatic heterocycles. The normalized spacial score (nSPS) is 11.9. The number of amides is 1. The lowest BCUT2D eigenvalue weighted by atomic mass is 10.0. The monoisotopic (exact) mass is 379 g/mol. The quantitative estimate of drug-likeness (QED) is 0.744. The summed E-state index contributed by atoms with van der Waals surface area (Å²) in [5.74, 6) is -0.123. The molecule has 1 unspecified atom stereocenters. The topological polar surface area (TPSA) is 29.5 Å². The minimum absolute atomic E-state index is 0.0657. The summed E-state index contributed by atoms with van der Waals surface area (Å²) in [4.78, 5) is 14.4. The molecule has 0 radical (unpaired) electrons. The second kappa shape index (κ2) is 7.59. The van der Waals surface area contributed by atoms with Crippen molar-refractivity contribution in [2.45, 2.75) is 19.9 Å². The van der Waals surface area contributed by atoms with Crippen molar-refractivity contribution in [1.82, 2.24) is 4.90 Å². The highest BCUT2D eigenvalue weighted by molar-refractivity contribution is 9.10. The van der Waals surface area contributed by atoms with Crippen molar-refractivity contribution in [1.29, 1.82) is 0 Å². The Morgan fingerprint density at radius 3 is 2.70 bits per heavy atom. The first kappa shape index (κ1) is 17.5. The first-order valence-electron chi connectivity index (χ1n) is 7.38. The molecule has 122 valence electrons. The summed E-state index contributed by atoms with van der Waals surface area (Å²) < 4.78 is 19.9. The molecule has 0 bridgehead atoms. The van der Waals surface area contributed by atoms with Gasteiger partial charge in [-0.3, -0.25) is 4.79 Å². The summed E-state index contributed by atoms with van der Waals surface area (Å²) in [6.45, 7) is 4.28. The smallest absolute Gasteiger partial charge is 0.257 e. The van der Waals surface area contributed by atoms with E-state index in [1.54, 1.807) is 18.1 Å². The van der Waals surface area contributed by atoms with Crippen molar-refractivity contribution < 1.29 is 13.9 Å². The Hall–Kier alpha value is -1.88. The Morgan fingerprint density at radius 1 is 1.30 bits per heavy atom. The van der Waals surface area contributed by atoms with Crippen LogP contribution in [0.5, 0.6) is 5.75 Å². The van der Waals surface area contributed by atoms with Gasteiger partial charge in [-0.1, -0.05) is 28.1 Å². The van der Waals surface area contributed by atoms with Gasteiger partial charge in [0, 0.05) is 11.0 Å². The molecule has 0 aliphatic rings. The van der Waals surface area contributed by atoms with E-state index in [1.807, 2.05) is 38.1 Å². The fourth-order valence-electron chi connectivity index (χ4n) is 2.49. The second-order valence-electron chi connectivity index (χ2n) is 5.17. The predicted molar refractivity (Wildman–Crippen MR) is 92.2 cm³/mol. The molecule has 0 aliphatic carbocycles. The van der Waals surface area contributed by atoms with E-state index in [1.165, 1.54) is 12.1 Å². The molecular formula is C18H19BrFNO2. The molecule has 5 heteroatoms. The lowest BCUT2D eigenvalue weighted by molar-refractivity contribution is 0.0697. The van der Waals surface area contributed by atoms with Gasteiger partial charge in [0.2, 0.25) is 0 Å². The molecule has 3 nitrogen and oxygen atoms in total. The van der Waals surface area contributed by atoms with E-state index in [4.69, 9.17) is 4.74 Å². The molecule has 1 atom stereocenters. The summed E-state index contributed by atoms with van der Waals surface area (Å²) in [5.41, 5.74) is 1.01. The minimum atomic E-state index is -0.519. The average molecular weight is 380 g/mol. The van der Waals surface area contributed by atoms with Crippen LogP contribution < -0.4 is 4.74 Å². The highest BCUT2D eigenvalue weighted by atomic mass is 79.9. The number of halogens is 2. The van der Waals surface area contributed by atoms with Crippen molar-refractivity contribution >= 4 is 21.8 Å². The largest absolute Gasteiger partial charge is 0.497 e. The third-order valence-corrected chi connectivity index (χ3v) is 4.30. The Kier molecular flexibility index (Phi) is 5.77. The average Bonchev–Trinajstić information content (AvgIpc) is 2.57. The molecule has 0 fully saturated rings. The number of rotatable bonds is 5. The lowest BCUT2D eigenvalue weighted by Gasteiger charge is -2.29. The molecule has 2 rings (SSSR count). The van der Waals surface area contributed by atoms with Gasteiger partial charge in [0.1, 0.15) is 11.6 Å². The molecule has 0 spiro atoms. The number of benzene rings is 2. The number of hydrogen-bond acceptors (Lipinski definition) is 2. The number of ether oxygens (including phenoxy) is 1. The summed E-state index contributed by atoms with van der Waals surface area (Å²) in [5, 5.41) is 0. The fourth-order valence-corrected chi connectivity index (χ4v) is 2.85. The zero-order valence-corrected chi connectivity index (χ0v) is 14.9. The molecule has 2 aromatic rings. The van der Waals surface area contributed by atoms with E-state index in [-0.39, 0.29) is 17.5 Å². The van der Waals surface area contributed by atoms with Crippen LogP contribution in [-0.4, -0.2) is 24.5 Å². The molecule has 1 amide bonds. The Bertz CT molecular complexity index is 705. The maximum Gasteiger partial charge on any atom is 0.257 e. The van der Waals surface area contributed by atoms with Crippen molar-refractivity contribution in [3.8, 4) is 5.75 Å². The maximum absolute atomic E-state index is 14.0. The van der Waals surface area contributed by atoms with Crippen LogP contribution in [0.3, 0.4) is 0 Å². The van der Waals surface area contributed by atoms with Crippen molar-refractivity contribution in [3.05, 3.63) is 63.9 Å². The predicted octanol–water partition coefficient (Wildman–Crippen LogP) is 4.82. The van der Waals surface area contributed by atoms with Gasteiger partial charge in [0.05, 0.1) is 18.7 Å². The third kappa shape index (κ3) is 3.91. The van der Waals surface area contributed by atoms with Gasteiger partial charge in [0.15, 0.2) is 0 Å². The minimum Gasteiger partial charge on any atom is -0.497 e. The molecule has 23 heavy (non-hydrogen) atoms. The number of nitrogens with zero attached hydrogens (tertiary/aromatic N) is 1. The van der Waals surface area contributed by atoms with E-state index in [2.05, 4.69) is 15.9 Å². The number of hydrogen-bond donors (Lipinski definition) is 0. The Morgan fingerprint density at radius 2 is 2.04 bits per heavy atom. The van der Waals surface area contributed by atoms with Crippen LogP contribution in [0.2, 0.25) is 0 Å². The van der Waals surface area contributed by atoms with Crippen LogP contribution in [-0.2, 0) is 0 Å². The third-order valence-electron chi connectivity index (χ3n) is 3.80. The highest BCUT2D eigenvalue weighted by Crippen LogP contribution is 2.26. The summed E-state index contributed by atoms with van der Waals surface area (Å²) in [6, 6.07) is 11.7. The first-order valence-corrected chi connectivity index (χ1v) is 8.17. The van der Waals surface area contributed by atoms with Crippen molar-refractivity contribution in [3.63, 3.8) is 0 Å². The second-order valence-corrected chi connectivity index (χ2v) is 6.08. The van der Waals surface area contributed by atoms with E-state index < -0.39 is 5.82 Å². The summed E-state index contributed by atoms with van der Waals surface area (Å²) in [7, 11) is 1.60. The van der Waals surface area contributed by atoms with Gasteiger partial charge in [0.25, 0.3) is 5.91 Å². The van der Waals surface area contributed by atoms with Gasteiger partial charge in [-0.25, -0.2) is 4.39 Å². The van der Waals surface area contributed by atoms with E-state index in [0.717, 1.165) is 11.3 Å². The molecule has 0 aliphatic heterocycles. The van der Waals surface area contributed by atoms with E-state index in [0.29, 0.717) is 11.0 Å². The van der Waals surface area contributed by atoms with Crippen LogP contribution in [0.25, 0.3) is 0 Å². The zero-order chi connectivity index (χ0) is 17.0. The van der Waals surface area contributed by atoms with Crippen molar-refractivity contribution in [2.75, 3.05) is 13.7 Å². The fraction of sp³-hybridized carbons (Fsp3) is 0.278. The van der Waals surface area contributed by atoms with Gasteiger partial charge in [-0.05, 0) is 49.7 Å². The summed E-state index contributed by atoms with van der Waals surface area (Å²) in [6.07, 6.45) is 0. The van der Waals surface area contributed by atoms with Crippen LogP contribution in [0, 0.1) is 5.82 Å². The Balaban J connectivity index is 2.34. The molecular weight excluding hydrogens is 361 g/mol. The van der Waals surface area contributed by atoms with Gasteiger partial charge < -0.3 is 9.64 Å². The summed E-state index contributed by atoms with van der Waals surface area (Å²) >= 11 is 3.28. The first-order chi connectivity index (χ1) is 11.0. The standard InChI is InChI=1S/C18H19BrFNO2/c1-4-21(12(2)13-6-5-7-15(10-13)23-3)18(22)16-11-14(19)8-9-17(16)20/h5-12H,4H2,1-3H3. The lowest BCUT2D eigenvalue weighted by Crippen LogP contribution is -2.34. The van der Waals surface area contributed by atoms with Crippen LogP contribution in [0.15, 0.2) is 46.9 Å².